The summed E-state index contributed by atoms with van der Waals surface area (Å²) in [4.78, 5) is 11.5. The number of carbonyl (C=O) groups excluding carboxylic acids is 1. The molecule has 0 heterocycles. The van der Waals surface area contributed by atoms with E-state index >= 15 is 0 Å². The van der Waals surface area contributed by atoms with Crippen molar-refractivity contribution in [1.82, 2.24) is 0 Å². The molecule has 0 aliphatic rings. The summed E-state index contributed by atoms with van der Waals surface area (Å²) in [5.41, 5.74) is 2.18. The molecule has 0 saturated carbocycles. The summed E-state index contributed by atoms with van der Waals surface area (Å²) in [5.74, 6) is 0.830. The first-order valence-corrected chi connectivity index (χ1v) is 7.54. The number of ether oxygens (including phenoxy) is 2. The lowest BCUT2D eigenvalue weighted by molar-refractivity contribution is -0.142. The van der Waals surface area contributed by atoms with Crippen LogP contribution in [0.4, 0.5) is 0 Å². The maximum absolute atomic E-state index is 11.5. The van der Waals surface area contributed by atoms with Crippen LogP contribution < -0.4 is 4.74 Å². The van der Waals surface area contributed by atoms with E-state index in [1.54, 1.807) is 43.3 Å². The monoisotopic (exact) mass is 329 g/mol. The topological polar surface area (TPSA) is 59.3 Å². The molecule has 0 atom stereocenters. The van der Waals surface area contributed by atoms with Crippen molar-refractivity contribution in [3.8, 4) is 17.6 Å². The third-order valence-corrected chi connectivity index (χ3v) is 3.47. The van der Waals surface area contributed by atoms with Crippen LogP contribution in [0.25, 0.3) is 0 Å². The third-order valence-electron chi connectivity index (χ3n) is 3.17. The normalized spacial score (nSPS) is 10.0. The van der Waals surface area contributed by atoms with Crippen LogP contribution >= 0.6 is 11.6 Å². The zero-order valence-corrected chi connectivity index (χ0v) is 13.7. The fourth-order valence-electron chi connectivity index (χ4n) is 2.07. The van der Waals surface area contributed by atoms with Crippen molar-refractivity contribution in [3.05, 3.63) is 58.1 Å². The average molecular weight is 330 g/mol. The number of halogens is 1. The minimum Gasteiger partial charge on any atom is -0.466 e. The highest BCUT2D eigenvalue weighted by Crippen LogP contribution is 2.32. The van der Waals surface area contributed by atoms with E-state index in [1.807, 2.05) is 6.92 Å². The number of hydrogen-bond acceptors (Lipinski definition) is 4. The minimum absolute atomic E-state index is 0.170. The lowest BCUT2D eigenvalue weighted by atomic mass is 10.1. The Labute approximate surface area is 140 Å². The van der Waals surface area contributed by atoms with Gasteiger partial charge in [0.15, 0.2) is 0 Å². The molecule has 0 aliphatic carbocycles. The fourth-order valence-corrected chi connectivity index (χ4v) is 2.31. The zero-order chi connectivity index (χ0) is 16.8. The van der Waals surface area contributed by atoms with E-state index < -0.39 is 0 Å². The number of rotatable bonds is 5. The molecule has 0 radical (unpaired) electrons. The smallest absolute Gasteiger partial charge is 0.310 e. The summed E-state index contributed by atoms with van der Waals surface area (Å²) in [6, 6.07) is 12.4. The summed E-state index contributed by atoms with van der Waals surface area (Å²) >= 11 is 6.22. The molecule has 2 aromatic carbocycles. The molecule has 0 spiro atoms. The number of hydrogen-bond donors (Lipinski definition) is 0. The first kappa shape index (κ1) is 16.9. The molecule has 0 bridgehead atoms. The molecule has 0 unspecified atom stereocenters. The van der Waals surface area contributed by atoms with E-state index in [9.17, 15) is 4.79 Å². The van der Waals surface area contributed by atoms with Gasteiger partial charge in [-0.25, -0.2) is 0 Å². The Kier molecular flexibility index (Phi) is 5.61. The van der Waals surface area contributed by atoms with Crippen molar-refractivity contribution in [2.75, 3.05) is 6.61 Å². The summed E-state index contributed by atoms with van der Waals surface area (Å²) in [6.07, 6.45) is 0.170. The Morgan fingerprint density at radius 1 is 1.22 bits per heavy atom. The Balaban J connectivity index is 2.15. The highest BCUT2D eigenvalue weighted by atomic mass is 35.5. The van der Waals surface area contributed by atoms with E-state index in [0.29, 0.717) is 28.7 Å². The molecule has 0 fully saturated rings. The van der Waals surface area contributed by atoms with Gasteiger partial charge in [-0.3, -0.25) is 4.79 Å². The number of carbonyl (C=O) groups is 1. The number of benzene rings is 2. The molecule has 118 valence electrons. The lowest BCUT2D eigenvalue weighted by Gasteiger charge is -2.11. The van der Waals surface area contributed by atoms with Gasteiger partial charge in [0.1, 0.15) is 11.5 Å². The second kappa shape index (κ2) is 7.66. The summed E-state index contributed by atoms with van der Waals surface area (Å²) < 4.78 is 10.7. The van der Waals surface area contributed by atoms with Crippen molar-refractivity contribution in [2.24, 2.45) is 0 Å². The lowest BCUT2D eigenvalue weighted by Crippen LogP contribution is -2.07. The maximum Gasteiger partial charge on any atom is 0.310 e. The first-order chi connectivity index (χ1) is 11.0. The van der Waals surface area contributed by atoms with Gasteiger partial charge in [-0.1, -0.05) is 17.7 Å². The van der Waals surface area contributed by atoms with E-state index in [2.05, 4.69) is 6.07 Å². The quantitative estimate of drug-likeness (QED) is 0.762. The molecule has 2 aromatic rings. The molecule has 2 rings (SSSR count). The van der Waals surface area contributed by atoms with E-state index in [0.717, 1.165) is 11.1 Å². The summed E-state index contributed by atoms with van der Waals surface area (Å²) in [6.45, 7) is 3.98. The Bertz CT molecular complexity index is 765. The molecule has 5 heteroatoms. The number of esters is 1. The number of aryl methyl sites for hydroxylation is 1. The Morgan fingerprint density at radius 3 is 2.57 bits per heavy atom. The van der Waals surface area contributed by atoms with Gasteiger partial charge in [-0.15, -0.1) is 0 Å². The average Bonchev–Trinajstić information content (AvgIpc) is 2.51. The molecule has 0 amide bonds. The SMILES string of the molecule is CCOC(=O)Cc1ccc(Oc2ccc(C#N)cc2C)c(Cl)c1. The van der Waals surface area contributed by atoms with Crippen LogP contribution in [0.5, 0.6) is 11.5 Å². The van der Waals surface area contributed by atoms with Crippen LogP contribution in [0.1, 0.15) is 23.6 Å². The summed E-state index contributed by atoms with van der Waals surface area (Å²) in [7, 11) is 0. The fraction of sp³-hybridized carbons (Fsp3) is 0.222. The third kappa shape index (κ3) is 4.48. The second-order valence-electron chi connectivity index (χ2n) is 4.94. The molecule has 0 aliphatic heterocycles. The van der Waals surface area contributed by atoms with Crippen molar-refractivity contribution in [2.45, 2.75) is 20.3 Å². The van der Waals surface area contributed by atoms with E-state index in [4.69, 9.17) is 26.3 Å². The van der Waals surface area contributed by atoms with Crippen molar-refractivity contribution >= 4 is 17.6 Å². The Morgan fingerprint density at radius 2 is 1.96 bits per heavy atom. The molecule has 0 N–H and O–H groups in total. The van der Waals surface area contributed by atoms with Gasteiger partial charge in [-0.2, -0.15) is 5.26 Å². The van der Waals surface area contributed by atoms with Crippen LogP contribution in [0.15, 0.2) is 36.4 Å². The predicted octanol–water partition coefficient (Wildman–Crippen LogP) is 4.42. The van der Waals surface area contributed by atoms with Gasteiger partial charge < -0.3 is 9.47 Å². The molecule has 0 aromatic heterocycles. The minimum atomic E-state index is -0.292. The van der Waals surface area contributed by atoms with Crippen molar-refractivity contribution in [3.63, 3.8) is 0 Å². The molecule has 4 nitrogen and oxygen atoms in total. The van der Waals surface area contributed by atoms with Crippen molar-refractivity contribution < 1.29 is 14.3 Å². The first-order valence-electron chi connectivity index (χ1n) is 7.16. The van der Waals surface area contributed by atoms with Gasteiger partial charge in [0.25, 0.3) is 0 Å². The largest absolute Gasteiger partial charge is 0.466 e. The van der Waals surface area contributed by atoms with Gasteiger partial charge in [-0.05, 0) is 55.3 Å². The van der Waals surface area contributed by atoms with Crippen LogP contribution in [0.2, 0.25) is 5.02 Å². The van der Waals surface area contributed by atoms with Crippen molar-refractivity contribution in [1.29, 1.82) is 5.26 Å². The van der Waals surface area contributed by atoms with E-state index in [1.165, 1.54) is 0 Å². The molecule has 23 heavy (non-hydrogen) atoms. The van der Waals surface area contributed by atoms with Gasteiger partial charge in [0, 0.05) is 0 Å². The highest BCUT2D eigenvalue weighted by molar-refractivity contribution is 6.32. The Hall–Kier alpha value is -2.51. The summed E-state index contributed by atoms with van der Waals surface area (Å²) in [5, 5.41) is 9.29. The number of nitriles is 1. The zero-order valence-electron chi connectivity index (χ0n) is 12.9. The predicted molar refractivity (Wildman–Crippen MR) is 87.8 cm³/mol. The van der Waals surface area contributed by atoms with Crippen LogP contribution in [0, 0.1) is 18.3 Å². The molecular formula is C18H16ClNO3. The van der Waals surface area contributed by atoms with Crippen LogP contribution in [0.3, 0.4) is 0 Å². The van der Waals surface area contributed by atoms with Gasteiger partial charge >= 0.3 is 5.97 Å². The molecule has 0 saturated heterocycles. The maximum atomic E-state index is 11.5. The van der Waals surface area contributed by atoms with E-state index in [-0.39, 0.29) is 12.4 Å². The standard InChI is InChI=1S/C18H16ClNO3/c1-3-22-18(21)10-13-4-7-17(15(19)9-13)23-16-6-5-14(11-20)8-12(16)2/h4-9H,3,10H2,1-2H3. The van der Waals surface area contributed by atoms with Gasteiger partial charge in [0.2, 0.25) is 0 Å². The van der Waals surface area contributed by atoms with Crippen LogP contribution in [-0.2, 0) is 16.0 Å². The van der Waals surface area contributed by atoms with Gasteiger partial charge in [0.05, 0.1) is 29.7 Å². The molecular weight excluding hydrogens is 314 g/mol. The van der Waals surface area contributed by atoms with Crippen LogP contribution in [-0.4, -0.2) is 12.6 Å². The second-order valence-corrected chi connectivity index (χ2v) is 5.35. The number of nitrogens with zero attached hydrogens (tertiary/aromatic N) is 1. The highest BCUT2D eigenvalue weighted by Gasteiger charge is 2.10.